The van der Waals surface area contributed by atoms with Crippen LogP contribution in [-0.4, -0.2) is 19.1 Å². The molecule has 0 aromatic carbocycles. The van der Waals surface area contributed by atoms with E-state index in [9.17, 15) is 0 Å². The molecule has 4 heteroatoms. The second-order valence-corrected chi connectivity index (χ2v) is 4.82. The van der Waals surface area contributed by atoms with Crippen molar-refractivity contribution in [3.63, 3.8) is 0 Å². The van der Waals surface area contributed by atoms with Crippen LogP contribution < -0.4 is 5.32 Å². The summed E-state index contributed by atoms with van der Waals surface area (Å²) in [6.45, 7) is 1.58. The van der Waals surface area contributed by atoms with Crippen molar-refractivity contribution in [2.75, 3.05) is 14.2 Å². The molecule has 1 N–H and O–H groups in total. The van der Waals surface area contributed by atoms with Crippen LogP contribution >= 0.6 is 11.3 Å². The summed E-state index contributed by atoms with van der Waals surface area (Å²) in [6.07, 6.45) is 2.62. The largest absolute Gasteiger partial charge is 0.378 e. The molecule has 0 bridgehead atoms. The summed E-state index contributed by atoms with van der Waals surface area (Å²) in [6, 6.07) is 0. The average molecular weight is 212 g/mol. The van der Waals surface area contributed by atoms with Gasteiger partial charge in [-0.25, -0.2) is 4.98 Å². The highest BCUT2D eigenvalue weighted by Gasteiger charge is 2.29. The summed E-state index contributed by atoms with van der Waals surface area (Å²) < 4.78 is 5.10. The Hall–Kier alpha value is -0.450. The molecule has 0 amide bonds. The zero-order valence-corrected chi connectivity index (χ0v) is 9.49. The normalized spacial score (nSPS) is 16.1. The molecule has 2 rings (SSSR count). The molecule has 0 unspecified atom stereocenters. The fourth-order valence-corrected chi connectivity index (χ4v) is 2.70. The van der Waals surface area contributed by atoms with Gasteiger partial charge in [-0.2, -0.15) is 0 Å². The molecule has 1 aromatic heterocycles. The van der Waals surface area contributed by atoms with Gasteiger partial charge in [0.2, 0.25) is 0 Å². The minimum Gasteiger partial charge on any atom is -0.378 e. The van der Waals surface area contributed by atoms with Gasteiger partial charge in [0, 0.05) is 24.4 Å². The maximum absolute atomic E-state index is 5.10. The van der Waals surface area contributed by atoms with E-state index >= 15 is 0 Å². The third-order valence-electron chi connectivity index (χ3n) is 2.34. The Balaban J connectivity index is 2.16. The van der Waals surface area contributed by atoms with Crippen LogP contribution in [0.3, 0.4) is 0 Å². The number of rotatable bonds is 5. The van der Waals surface area contributed by atoms with Gasteiger partial charge >= 0.3 is 0 Å². The van der Waals surface area contributed by atoms with Crippen LogP contribution in [0.5, 0.6) is 0 Å². The summed E-state index contributed by atoms with van der Waals surface area (Å²) in [7, 11) is 3.70. The van der Waals surface area contributed by atoms with Crippen LogP contribution in [-0.2, 0) is 17.9 Å². The molecule has 0 radical (unpaired) electrons. The quantitative estimate of drug-likeness (QED) is 0.809. The minimum absolute atomic E-state index is 0.647. The molecule has 0 spiro atoms. The maximum atomic E-state index is 5.10. The van der Waals surface area contributed by atoms with Crippen LogP contribution in [0.4, 0.5) is 0 Å². The molecule has 3 nitrogen and oxygen atoms in total. The van der Waals surface area contributed by atoms with Crippen molar-refractivity contribution in [3.05, 3.63) is 15.6 Å². The van der Waals surface area contributed by atoms with Crippen LogP contribution in [0.25, 0.3) is 0 Å². The lowest BCUT2D eigenvalue weighted by Crippen LogP contribution is -2.05. The Morgan fingerprint density at radius 2 is 2.36 bits per heavy atom. The molecule has 1 fully saturated rings. The Morgan fingerprint density at radius 3 is 2.93 bits per heavy atom. The van der Waals surface area contributed by atoms with Crippen molar-refractivity contribution >= 4 is 11.3 Å². The van der Waals surface area contributed by atoms with Gasteiger partial charge in [0.15, 0.2) is 0 Å². The highest BCUT2D eigenvalue weighted by Crippen LogP contribution is 2.42. The molecular weight excluding hydrogens is 196 g/mol. The highest BCUT2D eigenvalue weighted by molar-refractivity contribution is 7.11. The third kappa shape index (κ3) is 2.13. The highest BCUT2D eigenvalue weighted by atomic mass is 32.1. The molecular formula is C10H16N2OS. The smallest absolute Gasteiger partial charge is 0.119 e. The predicted octanol–water partition coefficient (Wildman–Crippen LogP) is 1.89. The van der Waals surface area contributed by atoms with Gasteiger partial charge in [0.25, 0.3) is 0 Å². The summed E-state index contributed by atoms with van der Waals surface area (Å²) in [5, 5.41) is 4.30. The Bertz CT molecular complexity index is 307. The minimum atomic E-state index is 0.647. The number of methoxy groups -OCH3 is 1. The lowest BCUT2D eigenvalue weighted by Gasteiger charge is -1.97. The van der Waals surface area contributed by atoms with Crippen LogP contribution in [0.1, 0.15) is 34.3 Å². The van der Waals surface area contributed by atoms with E-state index in [1.807, 2.05) is 7.05 Å². The fraction of sp³-hybridized carbons (Fsp3) is 0.700. The molecule has 78 valence electrons. The number of aromatic nitrogens is 1. The number of hydrogen-bond donors (Lipinski definition) is 1. The molecule has 1 saturated carbocycles. The van der Waals surface area contributed by atoms with Gasteiger partial charge in [0.05, 0.1) is 12.3 Å². The standard InChI is InChI=1S/C10H16N2OS/c1-11-5-8-10(7-3-4-7)12-9(14-8)6-13-2/h7,11H,3-6H2,1-2H3. The van der Waals surface area contributed by atoms with E-state index in [-0.39, 0.29) is 0 Å². The Morgan fingerprint density at radius 1 is 1.57 bits per heavy atom. The molecule has 0 atom stereocenters. The third-order valence-corrected chi connectivity index (χ3v) is 3.39. The predicted molar refractivity (Wildman–Crippen MR) is 57.6 cm³/mol. The molecule has 0 saturated heterocycles. The Kier molecular flexibility index (Phi) is 3.15. The van der Waals surface area contributed by atoms with Crippen LogP contribution in [0.15, 0.2) is 0 Å². The van der Waals surface area contributed by atoms with Crippen LogP contribution in [0.2, 0.25) is 0 Å². The molecule has 14 heavy (non-hydrogen) atoms. The van der Waals surface area contributed by atoms with Gasteiger partial charge in [-0.3, -0.25) is 0 Å². The first-order chi connectivity index (χ1) is 6.85. The van der Waals surface area contributed by atoms with E-state index in [0.29, 0.717) is 6.61 Å². The summed E-state index contributed by atoms with van der Waals surface area (Å²) in [5.41, 5.74) is 1.32. The number of ether oxygens (including phenoxy) is 1. The molecule has 1 aliphatic carbocycles. The lowest BCUT2D eigenvalue weighted by molar-refractivity contribution is 0.184. The van der Waals surface area contributed by atoms with Crippen molar-refractivity contribution in [2.45, 2.75) is 31.9 Å². The number of nitrogens with zero attached hydrogens (tertiary/aromatic N) is 1. The average Bonchev–Trinajstić information content (AvgIpc) is 2.92. The van der Waals surface area contributed by atoms with Crippen LogP contribution in [0, 0.1) is 0 Å². The van der Waals surface area contributed by atoms with E-state index < -0.39 is 0 Å². The monoisotopic (exact) mass is 212 g/mol. The topological polar surface area (TPSA) is 34.1 Å². The molecule has 1 aromatic rings. The second-order valence-electron chi connectivity index (χ2n) is 3.65. The van der Waals surface area contributed by atoms with E-state index in [1.54, 1.807) is 18.4 Å². The second kappa shape index (κ2) is 4.38. The van der Waals surface area contributed by atoms with Crippen molar-refractivity contribution in [1.29, 1.82) is 0 Å². The van der Waals surface area contributed by atoms with Crippen molar-refractivity contribution in [1.82, 2.24) is 10.3 Å². The fourth-order valence-electron chi connectivity index (χ4n) is 1.56. The van der Waals surface area contributed by atoms with E-state index in [1.165, 1.54) is 23.4 Å². The first kappa shape index (κ1) is 10.1. The lowest BCUT2D eigenvalue weighted by atomic mass is 10.2. The van der Waals surface area contributed by atoms with E-state index in [2.05, 4.69) is 10.3 Å². The van der Waals surface area contributed by atoms with Gasteiger partial charge in [0.1, 0.15) is 5.01 Å². The van der Waals surface area contributed by atoms with Gasteiger partial charge < -0.3 is 10.1 Å². The van der Waals surface area contributed by atoms with Crippen molar-refractivity contribution in [2.24, 2.45) is 0 Å². The molecule has 1 aliphatic rings. The van der Waals surface area contributed by atoms with Gasteiger partial charge in [-0.1, -0.05) is 0 Å². The zero-order chi connectivity index (χ0) is 9.97. The molecule has 1 heterocycles. The van der Waals surface area contributed by atoms with Gasteiger partial charge in [-0.15, -0.1) is 11.3 Å². The summed E-state index contributed by atoms with van der Waals surface area (Å²) >= 11 is 1.78. The van der Waals surface area contributed by atoms with E-state index in [0.717, 1.165) is 17.5 Å². The number of hydrogen-bond acceptors (Lipinski definition) is 4. The van der Waals surface area contributed by atoms with E-state index in [4.69, 9.17) is 4.74 Å². The number of thiazole rings is 1. The zero-order valence-electron chi connectivity index (χ0n) is 8.67. The van der Waals surface area contributed by atoms with Crippen molar-refractivity contribution in [3.8, 4) is 0 Å². The molecule has 0 aliphatic heterocycles. The maximum Gasteiger partial charge on any atom is 0.119 e. The summed E-state index contributed by atoms with van der Waals surface area (Å²) in [4.78, 5) is 6.02. The first-order valence-electron chi connectivity index (χ1n) is 4.97. The van der Waals surface area contributed by atoms with Gasteiger partial charge in [-0.05, 0) is 19.9 Å². The number of nitrogens with one attached hydrogen (secondary N) is 1. The summed E-state index contributed by atoms with van der Waals surface area (Å²) in [5.74, 6) is 0.736. The first-order valence-corrected chi connectivity index (χ1v) is 5.78. The Labute approximate surface area is 88.5 Å². The SMILES string of the molecule is CNCc1sc(COC)nc1C1CC1. The van der Waals surface area contributed by atoms with Crippen molar-refractivity contribution < 1.29 is 4.74 Å².